The second-order valence-corrected chi connectivity index (χ2v) is 4.09. The molecule has 1 saturated heterocycles. The molecule has 84 valence electrons. The molecule has 0 aromatic heterocycles. The zero-order valence-electron chi connectivity index (χ0n) is 9.75. The second kappa shape index (κ2) is 6.38. The zero-order chi connectivity index (χ0) is 10.4. The topological polar surface area (TPSA) is 24.5 Å². The standard InChI is InChI=1S/C11H24N2O/c1-4-10(9-12-2)13-7-5-11(14-3)6-8-13/h10-12H,4-9H2,1-3H3. The summed E-state index contributed by atoms with van der Waals surface area (Å²) in [7, 11) is 3.86. The Morgan fingerprint density at radius 2 is 2.07 bits per heavy atom. The Morgan fingerprint density at radius 1 is 1.43 bits per heavy atom. The maximum atomic E-state index is 5.37. The van der Waals surface area contributed by atoms with Gasteiger partial charge in [0.25, 0.3) is 0 Å². The van der Waals surface area contributed by atoms with Crippen LogP contribution in [0.2, 0.25) is 0 Å². The van der Waals surface area contributed by atoms with E-state index < -0.39 is 0 Å². The zero-order valence-corrected chi connectivity index (χ0v) is 9.75. The van der Waals surface area contributed by atoms with Crippen molar-refractivity contribution in [2.24, 2.45) is 0 Å². The van der Waals surface area contributed by atoms with Crippen LogP contribution < -0.4 is 5.32 Å². The smallest absolute Gasteiger partial charge is 0.0595 e. The van der Waals surface area contributed by atoms with Gasteiger partial charge >= 0.3 is 0 Å². The van der Waals surface area contributed by atoms with Crippen LogP contribution in [-0.4, -0.2) is 50.8 Å². The maximum absolute atomic E-state index is 5.37. The monoisotopic (exact) mass is 200 g/mol. The third-order valence-electron chi connectivity index (χ3n) is 3.24. The SMILES string of the molecule is CCC(CNC)N1CCC(OC)CC1. The van der Waals surface area contributed by atoms with Gasteiger partial charge in [-0.05, 0) is 26.3 Å². The molecule has 1 N–H and O–H groups in total. The third-order valence-corrected chi connectivity index (χ3v) is 3.24. The van der Waals surface area contributed by atoms with Crippen molar-refractivity contribution in [3.63, 3.8) is 0 Å². The van der Waals surface area contributed by atoms with Crippen LogP contribution >= 0.6 is 0 Å². The molecule has 0 bridgehead atoms. The summed E-state index contributed by atoms with van der Waals surface area (Å²) in [5.41, 5.74) is 0. The number of ether oxygens (including phenoxy) is 1. The van der Waals surface area contributed by atoms with Crippen LogP contribution in [-0.2, 0) is 4.74 Å². The average Bonchev–Trinajstić information content (AvgIpc) is 2.26. The first-order valence-electron chi connectivity index (χ1n) is 5.73. The quantitative estimate of drug-likeness (QED) is 0.719. The highest BCUT2D eigenvalue weighted by atomic mass is 16.5. The van der Waals surface area contributed by atoms with E-state index in [4.69, 9.17) is 4.74 Å². The van der Waals surface area contributed by atoms with Crippen LogP contribution in [0.25, 0.3) is 0 Å². The van der Waals surface area contributed by atoms with Gasteiger partial charge in [-0.3, -0.25) is 4.90 Å². The van der Waals surface area contributed by atoms with Crippen molar-refractivity contribution in [2.75, 3.05) is 33.8 Å². The predicted molar refractivity (Wildman–Crippen MR) is 59.6 cm³/mol. The first kappa shape index (κ1) is 12.0. The average molecular weight is 200 g/mol. The number of hydrogen-bond donors (Lipinski definition) is 1. The fourth-order valence-corrected chi connectivity index (χ4v) is 2.24. The van der Waals surface area contributed by atoms with Crippen molar-refractivity contribution < 1.29 is 4.74 Å². The van der Waals surface area contributed by atoms with Crippen LogP contribution in [0.4, 0.5) is 0 Å². The van der Waals surface area contributed by atoms with Gasteiger partial charge < -0.3 is 10.1 Å². The van der Waals surface area contributed by atoms with Gasteiger partial charge in [-0.15, -0.1) is 0 Å². The normalized spacial score (nSPS) is 22.5. The second-order valence-electron chi connectivity index (χ2n) is 4.09. The molecule has 1 heterocycles. The van der Waals surface area contributed by atoms with E-state index in [-0.39, 0.29) is 0 Å². The molecule has 1 aliphatic heterocycles. The number of piperidine rings is 1. The lowest BCUT2D eigenvalue weighted by Crippen LogP contribution is -2.46. The van der Waals surface area contributed by atoms with Crippen LogP contribution in [0.1, 0.15) is 26.2 Å². The van der Waals surface area contributed by atoms with E-state index in [0.29, 0.717) is 12.1 Å². The maximum Gasteiger partial charge on any atom is 0.0595 e. The lowest BCUT2D eigenvalue weighted by molar-refractivity contribution is 0.0268. The fourth-order valence-electron chi connectivity index (χ4n) is 2.24. The first-order chi connectivity index (χ1) is 6.81. The number of methoxy groups -OCH3 is 1. The summed E-state index contributed by atoms with van der Waals surface area (Å²) in [5, 5.41) is 3.27. The number of nitrogens with zero attached hydrogens (tertiary/aromatic N) is 1. The minimum atomic E-state index is 0.498. The summed E-state index contributed by atoms with van der Waals surface area (Å²) in [5.74, 6) is 0. The summed E-state index contributed by atoms with van der Waals surface area (Å²) in [4.78, 5) is 2.59. The number of rotatable bonds is 5. The molecular formula is C11H24N2O. The molecule has 1 atom stereocenters. The van der Waals surface area contributed by atoms with Crippen molar-refractivity contribution in [3.05, 3.63) is 0 Å². The summed E-state index contributed by atoms with van der Waals surface area (Å²) < 4.78 is 5.37. The molecule has 1 aliphatic rings. The van der Waals surface area contributed by atoms with Crippen molar-refractivity contribution in [1.82, 2.24) is 10.2 Å². The molecule has 1 rings (SSSR count). The van der Waals surface area contributed by atoms with Gasteiger partial charge in [0.15, 0.2) is 0 Å². The number of nitrogens with one attached hydrogen (secondary N) is 1. The van der Waals surface area contributed by atoms with Crippen LogP contribution in [0.15, 0.2) is 0 Å². The molecule has 3 nitrogen and oxygen atoms in total. The Hall–Kier alpha value is -0.120. The van der Waals surface area contributed by atoms with Crippen molar-refractivity contribution >= 4 is 0 Å². The highest BCUT2D eigenvalue weighted by molar-refractivity contribution is 4.78. The van der Waals surface area contributed by atoms with Crippen LogP contribution in [0.3, 0.4) is 0 Å². The van der Waals surface area contributed by atoms with Gasteiger partial charge in [0.1, 0.15) is 0 Å². The highest BCUT2D eigenvalue weighted by Crippen LogP contribution is 2.16. The van der Waals surface area contributed by atoms with Crippen molar-refractivity contribution in [1.29, 1.82) is 0 Å². The predicted octanol–water partition coefficient (Wildman–Crippen LogP) is 1.10. The Morgan fingerprint density at radius 3 is 2.50 bits per heavy atom. The van der Waals surface area contributed by atoms with E-state index in [1.165, 1.54) is 32.4 Å². The van der Waals surface area contributed by atoms with Crippen LogP contribution in [0.5, 0.6) is 0 Å². The van der Waals surface area contributed by atoms with Gasteiger partial charge in [-0.1, -0.05) is 6.92 Å². The molecule has 0 aromatic rings. The fraction of sp³-hybridized carbons (Fsp3) is 1.00. The molecule has 0 aromatic carbocycles. The van der Waals surface area contributed by atoms with E-state index in [2.05, 4.69) is 17.1 Å². The molecule has 0 amide bonds. The Labute approximate surface area is 87.8 Å². The highest BCUT2D eigenvalue weighted by Gasteiger charge is 2.23. The lowest BCUT2D eigenvalue weighted by Gasteiger charge is -2.36. The summed E-state index contributed by atoms with van der Waals surface area (Å²) >= 11 is 0. The molecule has 1 fully saturated rings. The molecule has 14 heavy (non-hydrogen) atoms. The van der Waals surface area contributed by atoms with E-state index in [1.807, 2.05) is 14.2 Å². The number of likely N-dealkylation sites (tertiary alicyclic amines) is 1. The van der Waals surface area contributed by atoms with Gasteiger partial charge in [0.2, 0.25) is 0 Å². The molecule has 0 aliphatic carbocycles. The number of likely N-dealkylation sites (N-methyl/N-ethyl adjacent to an activating group) is 1. The Kier molecular flexibility index (Phi) is 5.45. The van der Waals surface area contributed by atoms with Crippen molar-refractivity contribution in [2.45, 2.75) is 38.3 Å². The minimum Gasteiger partial charge on any atom is -0.381 e. The van der Waals surface area contributed by atoms with E-state index in [9.17, 15) is 0 Å². The molecule has 0 spiro atoms. The van der Waals surface area contributed by atoms with Crippen LogP contribution in [0, 0.1) is 0 Å². The van der Waals surface area contributed by atoms with E-state index in [1.54, 1.807) is 0 Å². The minimum absolute atomic E-state index is 0.498. The van der Waals surface area contributed by atoms with Gasteiger partial charge in [0.05, 0.1) is 6.10 Å². The van der Waals surface area contributed by atoms with E-state index in [0.717, 1.165) is 6.54 Å². The molecule has 0 radical (unpaired) electrons. The summed E-state index contributed by atoms with van der Waals surface area (Å²) in [6, 6.07) is 0.706. The summed E-state index contributed by atoms with van der Waals surface area (Å²) in [6.07, 6.45) is 4.12. The van der Waals surface area contributed by atoms with Gasteiger partial charge in [-0.25, -0.2) is 0 Å². The molecule has 1 unspecified atom stereocenters. The summed E-state index contributed by atoms with van der Waals surface area (Å²) in [6.45, 7) is 5.76. The molecular weight excluding hydrogens is 176 g/mol. The molecule has 3 heteroatoms. The Balaban J connectivity index is 2.31. The largest absolute Gasteiger partial charge is 0.381 e. The van der Waals surface area contributed by atoms with Gasteiger partial charge in [-0.2, -0.15) is 0 Å². The third kappa shape index (κ3) is 3.23. The Bertz CT molecular complexity index is 144. The van der Waals surface area contributed by atoms with Gasteiger partial charge in [0, 0.05) is 32.8 Å². The lowest BCUT2D eigenvalue weighted by atomic mass is 10.0. The number of hydrogen-bond acceptors (Lipinski definition) is 3. The van der Waals surface area contributed by atoms with Crippen molar-refractivity contribution in [3.8, 4) is 0 Å². The molecule has 0 saturated carbocycles. The van der Waals surface area contributed by atoms with E-state index >= 15 is 0 Å². The first-order valence-corrected chi connectivity index (χ1v) is 5.73.